The molecule has 20 heavy (non-hydrogen) atoms. The Bertz CT molecular complexity index is 603. The van der Waals surface area contributed by atoms with Crippen molar-refractivity contribution in [1.29, 1.82) is 0 Å². The smallest absolute Gasteiger partial charge is 0.147 e. The van der Waals surface area contributed by atoms with E-state index >= 15 is 0 Å². The Morgan fingerprint density at radius 1 is 1.20 bits per heavy atom. The average Bonchev–Trinajstić information content (AvgIpc) is 2.85. The van der Waals surface area contributed by atoms with Crippen LogP contribution in [0.5, 0.6) is 0 Å². The van der Waals surface area contributed by atoms with E-state index < -0.39 is 13.0 Å². The predicted molar refractivity (Wildman–Crippen MR) is 96.8 cm³/mol. The maximum atomic E-state index is 7.34. The second kappa shape index (κ2) is 6.48. The summed E-state index contributed by atoms with van der Waals surface area (Å²) in [7, 11) is 9.45. The van der Waals surface area contributed by atoms with Crippen molar-refractivity contribution in [3.05, 3.63) is 42.7 Å². The van der Waals surface area contributed by atoms with Crippen molar-refractivity contribution in [2.24, 2.45) is 5.92 Å². The molecule has 2 aliphatic carbocycles. The third kappa shape index (κ3) is 3.09. The second-order valence-electron chi connectivity index (χ2n) is 6.24. The number of hydrogen-bond acceptors (Lipinski definition) is 0. The van der Waals surface area contributed by atoms with Crippen LogP contribution in [0.4, 0.5) is 0 Å². The van der Waals surface area contributed by atoms with E-state index in [1.54, 1.807) is 3.88 Å². The largest absolute Gasteiger partial charge is 0.147 e. The van der Waals surface area contributed by atoms with Gasteiger partial charge in [-0.2, -0.15) is 0 Å². The Kier molecular flexibility index (Phi) is 6.73. The summed E-state index contributed by atoms with van der Waals surface area (Å²) in [6.07, 6.45) is 7.73. The zero-order valence-corrected chi connectivity index (χ0v) is 18.3. The van der Waals surface area contributed by atoms with Gasteiger partial charge < -0.3 is 0 Å². The van der Waals surface area contributed by atoms with E-state index in [4.69, 9.17) is 9.30 Å². The fourth-order valence-corrected chi connectivity index (χ4v) is 15.0. The summed E-state index contributed by atoms with van der Waals surface area (Å²) in [4.78, 5) is 0. The van der Waals surface area contributed by atoms with E-state index in [1.165, 1.54) is 20.6 Å². The molecule has 1 unspecified atom stereocenters. The van der Waals surface area contributed by atoms with Crippen LogP contribution in [0.15, 0.2) is 42.7 Å². The molecule has 0 nitrogen and oxygen atoms in total. The van der Waals surface area contributed by atoms with E-state index in [9.17, 15) is 0 Å². The second-order valence-corrected chi connectivity index (χ2v) is 27.2. The molecule has 0 spiro atoms. The van der Waals surface area contributed by atoms with Crippen LogP contribution < -0.4 is 0 Å². The van der Waals surface area contributed by atoms with E-state index in [1.807, 2.05) is 0 Å². The SMILES string of the molecule is CC1=C(C)C(C)[C]([Ti]([CH3])(=[SiH2])([Cl])[C]2=CC=CC2)=C1C.Cl.Cl. The van der Waals surface area contributed by atoms with E-state index in [0.717, 1.165) is 6.42 Å². The molecule has 0 saturated heterocycles. The minimum absolute atomic E-state index is 0. The van der Waals surface area contributed by atoms with Crippen molar-refractivity contribution in [3.8, 4) is 0 Å². The first-order valence-corrected chi connectivity index (χ1v) is 16.0. The molecule has 0 saturated carbocycles. The zero-order chi connectivity index (χ0) is 13.7. The number of allylic oxidation sites excluding steroid dienone is 8. The number of hydrogen-bond donors (Lipinski definition) is 0. The van der Waals surface area contributed by atoms with Gasteiger partial charge in [0.2, 0.25) is 0 Å². The Morgan fingerprint density at radius 3 is 2.10 bits per heavy atom. The Labute approximate surface area is 142 Å². The summed E-state index contributed by atoms with van der Waals surface area (Å²) in [6, 6.07) is 0. The first-order chi connectivity index (χ1) is 8.15. The van der Waals surface area contributed by atoms with Crippen molar-refractivity contribution in [3.63, 3.8) is 0 Å². The van der Waals surface area contributed by atoms with Crippen LogP contribution in [0.2, 0.25) is 5.23 Å². The summed E-state index contributed by atoms with van der Waals surface area (Å²) in [5.74, 6) is 0.531. The van der Waals surface area contributed by atoms with Gasteiger partial charge >= 0.3 is 118 Å². The molecule has 0 N–H and O–H groups in total. The third-order valence-electron chi connectivity index (χ3n) is 4.94. The van der Waals surface area contributed by atoms with E-state index in [-0.39, 0.29) is 24.8 Å². The molecule has 0 radical (unpaired) electrons. The predicted octanol–water partition coefficient (Wildman–Crippen LogP) is 5.37. The molecule has 0 amide bonds. The van der Waals surface area contributed by atoms with Crippen LogP contribution in [0.3, 0.4) is 0 Å². The molecular weight excluding hydrogens is 362 g/mol. The first kappa shape index (κ1) is 20.8. The van der Waals surface area contributed by atoms with Gasteiger partial charge in [-0.15, -0.1) is 24.8 Å². The van der Waals surface area contributed by atoms with Gasteiger partial charge in [-0.05, 0) is 0 Å². The van der Waals surface area contributed by atoms with Gasteiger partial charge in [0.05, 0.1) is 0 Å². The summed E-state index contributed by atoms with van der Waals surface area (Å²) < 4.78 is 3.09. The van der Waals surface area contributed by atoms with Crippen molar-refractivity contribution >= 4 is 41.8 Å². The van der Waals surface area contributed by atoms with Gasteiger partial charge in [-0.25, -0.2) is 0 Å². The topological polar surface area (TPSA) is 0 Å². The van der Waals surface area contributed by atoms with Gasteiger partial charge in [0.25, 0.3) is 0 Å². The quantitative estimate of drug-likeness (QED) is 0.559. The number of rotatable bonds is 2. The molecular formula is C15H25Cl3SiTi. The fourth-order valence-electron chi connectivity index (χ4n) is 3.51. The first-order valence-electron chi connectivity index (χ1n) is 6.66. The summed E-state index contributed by atoms with van der Waals surface area (Å²) in [5.41, 5.74) is 4.45. The fraction of sp³-hybridized carbons (Fsp3) is 0.467. The van der Waals surface area contributed by atoms with Crippen LogP contribution in [0.1, 0.15) is 34.1 Å². The van der Waals surface area contributed by atoms with E-state index in [2.05, 4.69) is 58.8 Å². The maximum absolute atomic E-state index is 7.34. The minimum Gasteiger partial charge on any atom is -0.147 e. The maximum Gasteiger partial charge on any atom is -0.147 e. The molecule has 0 fully saturated rings. The molecule has 5 heteroatoms. The molecule has 0 heterocycles. The van der Waals surface area contributed by atoms with Crippen LogP contribution in [0, 0.1) is 5.92 Å². The molecule has 0 aromatic carbocycles. The molecule has 0 bridgehead atoms. The van der Waals surface area contributed by atoms with Crippen molar-refractivity contribution in [2.45, 2.75) is 39.3 Å². The van der Waals surface area contributed by atoms with Gasteiger partial charge in [0.1, 0.15) is 0 Å². The van der Waals surface area contributed by atoms with Crippen molar-refractivity contribution < 1.29 is 13.0 Å². The average molecular weight is 388 g/mol. The summed E-state index contributed by atoms with van der Waals surface area (Å²) in [5, 5.41) is 2.37. The zero-order valence-electron chi connectivity index (χ0n) is 12.9. The van der Waals surface area contributed by atoms with Crippen LogP contribution >= 0.6 is 34.1 Å². The van der Waals surface area contributed by atoms with Crippen LogP contribution in [0.25, 0.3) is 0 Å². The van der Waals surface area contributed by atoms with Gasteiger partial charge in [-0.1, -0.05) is 0 Å². The van der Waals surface area contributed by atoms with Crippen molar-refractivity contribution in [1.82, 2.24) is 0 Å². The normalized spacial score (nSPS) is 22.8. The molecule has 1 atom stereocenters. The van der Waals surface area contributed by atoms with Gasteiger partial charge in [0.15, 0.2) is 0 Å². The molecule has 2 rings (SSSR count). The molecule has 0 aliphatic heterocycles. The number of halogens is 3. The summed E-state index contributed by atoms with van der Waals surface area (Å²) in [6.45, 7) is 9.11. The molecule has 0 aromatic rings. The Balaban J connectivity index is 0.00000180. The minimum atomic E-state index is -3.16. The monoisotopic (exact) mass is 386 g/mol. The molecule has 0 aromatic heterocycles. The van der Waals surface area contributed by atoms with Gasteiger partial charge in [0, 0.05) is 0 Å². The Morgan fingerprint density at radius 2 is 1.75 bits per heavy atom. The van der Waals surface area contributed by atoms with Crippen LogP contribution in [-0.2, 0) is 13.0 Å². The molecule has 2 aliphatic rings. The van der Waals surface area contributed by atoms with Gasteiger partial charge in [-0.3, -0.25) is 0 Å². The third-order valence-corrected chi connectivity index (χ3v) is 16.8. The van der Waals surface area contributed by atoms with E-state index in [0.29, 0.717) is 5.92 Å². The Hall–Kier alpha value is 0.761. The standard InChI is InChI=1S/C9H13.C5H5.CH3.3ClH.H2Si.Ti/c1-6-5-7(2)9(4)8(6)3;1-2-4-5-3-1;;;;;;/h6H,1-4H3;1-3H,4H2;1H3;3*1H;1H2;/q;;;;;;;+1/p-1. The molecule has 114 valence electrons. The van der Waals surface area contributed by atoms with Crippen LogP contribution in [-0.4, -0.2) is 7.63 Å². The van der Waals surface area contributed by atoms with Crippen molar-refractivity contribution in [2.75, 3.05) is 0 Å². The summed E-state index contributed by atoms with van der Waals surface area (Å²) >= 11 is -3.16.